The number of hydrogen-bond donors (Lipinski definition) is 0. The maximum absolute atomic E-state index is 11.4. The molecule has 1 saturated carbocycles. The quantitative estimate of drug-likeness (QED) is 0.744. The lowest BCUT2D eigenvalue weighted by atomic mass is 9.75. The van der Waals surface area contributed by atoms with E-state index in [1.165, 1.54) is 12.8 Å². The van der Waals surface area contributed by atoms with E-state index in [0.717, 1.165) is 12.3 Å². The van der Waals surface area contributed by atoms with Gasteiger partial charge < -0.3 is 0 Å². The molecule has 1 rings (SSSR count). The minimum absolute atomic E-state index is 0.217. The first-order valence-electron chi connectivity index (χ1n) is 6.10. The van der Waals surface area contributed by atoms with Crippen molar-refractivity contribution in [1.82, 2.24) is 0 Å². The van der Waals surface area contributed by atoms with Gasteiger partial charge in [0.25, 0.3) is 0 Å². The molecule has 90 valence electrons. The standard InChI is InChI=1S/C12H24O2S/c1-5-15(13)14-12-8-10(4)6-7-11(12)9(2)3/h9-12H,5-8H2,1-4H3/t10-,11+,12-,15+/m1/s1. The normalized spacial score (nSPS) is 34.3. The van der Waals surface area contributed by atoms with Crippen LogP contribution in [0.5, 0.6) is 0 Å². The second-order valence-corrected chi connectivity index (χ2v) is 6.43. The zero-order valence-corrected chi connectivity index (χ0v) is 11.2. The third kappa shape index (κ3) is 3.87. The van der Waals surface area contributed by atoms with Gasteiger partial charge in [0.05, 0.1) is 6.10 Å². The maximum atomic E-state index is 11.4. The molecule has 0 aliphatic heterocycles. The molecule has 0 aromatic heterocycles. The van der Waals surface area contributed by atoms with Crippen molar-refractivity contribution in [3.63, 3.8) is 0 Å². The van der Waals surface area contributed by atoms with Crippen LogP contribution >= 0.6 is 0 Å². The van der Waals surface area contributed by atoms with Crippen LogP contribution in [0, 0.1) is 17.8 Å². The van der Waals surface area contributed by atoms with E-state index in [2.05, 4.69) is 20.8 Å². The average molecular weight is 232 g/mol. The van der Waals surface area contributed by atoms with E-state index in [1.807, 2.05) is 6.92 Å². The van der Waals surface area contributed by atoms with E-state index < -0.39 is 11.1 Å². The van der Waals surface area contributed by atoms with Crippen LogP contribution in [-0.4, -0.2) is 16.1 Å². The number of rotatable bonds is 4. The van der Waals surface area contributed by atoms with Crippen LogP contribution in [0.4, 0.5) is 0 Å². The highest BCUT2D eigenvalue weighted by Crippen LogP contribution is 2.35. The minimum Gasteiger partial charge on any atom is -0.287 e. The molecular weight excluding hydrogens is 208 g/mol. The minimum atomic E-state index is -1.08. The summed E-state index contributed by atoms with van der Waals surface area (Å²) >= 11 is -1.08. The summed E-state index contributed by atoms with van der Waals surface area (Å²) < 4.78 is 17.1. The first-order chi connectivity index (χ1) is 7.04. The van der Waals surface area contributed by atoms with Crippen molar-refractivity contribution in [1.29, 1.82) is 0 Å². The molecule has 4 atom stereocenters. The highest BCUT2D eigenvalue weighted by Gasteiger charge is 2.32. The SMILES string of the molecule is CC[S@@](=O)O[C@@H]1C[C@H](C)CC[C@H]1C(C)C. The zero-order valence-electron chi connectivity index (χ0n) is 10.4. The van der Waals surface area contributed by atoms with Gasteiger partial charge in [0, 0.05) is 5.75 Å². The largest absolute Gasteiger partial charge is 0.287 e. The smallest absolute Gasteiger partial charge is 0.155 e. The second kappa shape index (κ2) is 6.00. The molecule has 0 aromatic rings. The van der Waals surface area contributed by atoms with E-state index in [1.54, 1.807) is 0 Å². The van der Waals surface area contributed by atoms with Crippen molar-refractivity contribution in [2.24, 2.45) is 17.8 Å². The highest BCUT2D eigenvalue weighted by molar-refractivity contribution is 7.80. The molecule has 0 unspecified atom stereocenters. The van der Waals surface area contributed by atoms with Gasteiger partial charge in [-0.15, -0.1) is 0 Å². The van der Waals surface area contributed by atoms with Crippen LogP contribution in [0.3, 0.4) is 0 Å². The van der Waals surface area contributed by atoms with Crippen molar-refractivity contribution in [2.45, 2.75) is 53.1 Å². The van der Waals surface area contributed by atoms with Crippen molar-refractivity contribution in [2.75, 3.05) is 5.75 Å². The van der Waals surface area contributed by atoms with E-state index in [4.69, 9.17) is 4.18 Å². The fourth-order valence-corrected chi connectivity index (χ4v) is 3.06. The topological polar surface area (TPSA) is 26.3 Å². The van der Waals surface area contributed by atoms with Crippen molar-refractivity contribution in [3.8, 4) is 0 Å². The van der Waals surface area contributed by atoms with Crippen molar-refractivity contribution >= 4 is 11.1 Å². The number of hydrogen-bond acceptors (Lipinski definition) is 2. The monoisotopic (exact) mass is 232 g/mol. The summed E-state index contributed by atoms with van der Waals surface area (Å²) in [5.41, 5.74) is 0. The van der Waals surface area contributed by atoms with E-state index in [-0.39, 0.29) is 6.10 Å². The van der Waals surface area contributed by atoms with E-state index in [9.17, 15) is 4.21 Å². The molecule has 0 spiro atoms. The molecule has 0 heterocycles. The Kier molecular flexibility index (Phi) is 5.27. The predicted octanol–water partition coefficient (Wildman–Crippen LogP) is 3.15. The molecule has 1 fully saturated rings. The van der Waals surface area contributed by atoms with Gasteiger partial charge in [0.15, 0.2) is 11.1 Å². The fourth-order valence-electron chi connectivity index (χ4n) is 2.43. The summed E-state index contributed by atoms with van der Waals surface area (Å²) in [5, 5.41) is 0. The van der Waals surface area contributed by atoms with Crippen LogP contribution in [0.2, 0.25) is 0 Å². The molecule has 0 aromatic carbocycles. The first kappa shape index (κ1) is 13.2. The molecule has 1 aliphatic carbocycles. The zero-order chi connectivity index (χ0) is 11.4. The van der Waals surface area contributed by atoms with Crippen LogP contribution < -0.4 is 0 Å². The Hall–Kier alpha value is 0.110. The summed E-state index contributed by atoms with van der Waals surface area (Å²) in [6.45, 7) is 8.66. The Labute approximate surface area is 96.4 Å². The second-order valence-electron chi connectivity index (χ2n) is 5.05. The van der Waals surface area contributed by atoms with Gasteiger partial charge in [-0.05, 0) is 30.6 Å². The highest BCUT2D eigenvalue weighted by atomic mass is 32.2. The van der Waals surface area contributed by atoms with Gasteiger partial charge in [0.2, 0.25) is 0 Å². The van der Waals surface area contributed by atoms with Crippen LogP contribution in [0.15, 0.2) is 0 Å². The van der Waals surface area contributed by atoms with E-state index in [0.29, 0.717) is 17.6 Å². The van der Waals surface area contributed by atoms with Gasteiger partial charge in [-0.1, -0.05) is 34.1 Å². The van der Waals surface area contributed by atoms with Gasteiger partial charge in [-0.2, -0.15) is 0 Å². The molecule has 1 aliphatic rings. The Morgan fingerprint density at radius 3 is 2.60 bits per heavy atom. The fraction of sp³-hybridized carbons (Fsp3) is 1.00. The summed E-state index contributed by atoms with van der Waals surface area (Å²) in [7, 11) is 0. The van der Waals surface area contributed by atoms with Crippen LogP contribution in [0.1, 0.15) is 47.0 Å². The molecule has 15 heavy (non-hydrogen) atoms. The molecular formula is C12H24O2S. The van der Waals surface area contributed by atoms with E-state index >= 15 is 0 Å². The lowest BCUT2D eigenvalue weighted by Gasteiger charge is -2.36. The molecule has 2 nitrogen and oxygen atoms in total. The Morgan fingerprint density at radius 1 is 1.40 bits per heavy atom. The van der Waals surface area contributed by atoms with Gasteiger partial charge >= 0.3 is 0 Å². The maximum Gasteiger partial charge on any atom is 0.155 e. The third-order valence-corrected chi connectivity index (χ3v) is 4.36. The molecule has 0 saturated heterocycles. The summed E-state index contributed by atoms with van der Waals surface area (Å²) in [5.74, 6) is 2.56. The van der Waals surface area contributed by atoms with Crippen molar-refractivity contribution < 1.29 is 8.39 Å². The van der Waals surface area contributed by atoms with Crippen molar-refractivity contribution in [3.05, 3.63) is 0 Å². The van der Waals surface area contributed by atoms with Crippen LogP contribution in [0.25, 0.3) is 0 Å². The Balaban J connectivity index is 2.57. The Bertz CT molecular complexity index is 216. The molecule has 0 amide bonds. The Morgan fingerprint density at radius 2 is 2.07 bits per heavy atom. The summed E-state index contributed by atoms with van der Waals surface area (Å²) in [4.78, 5) is 0. The average Bonchev–Trinajstić information content (AvgIpc) is 2.17. The third-order valence-electron chi connectivity index (χ3n) is 3.43. The summed E-state index contributed by atoms with van der Waals surface area (Å²) in [6.07, 6.45) is 3.81. The first-order valence-corrected chi connectivity index (χ1v) is 7.34. The van der Waals surface area contributed by atoms with Gasteiger partial charge in [0.1, 0.15) is 0 Å². The van der Waals surface area contributed by atoms with Gasteiger partial charge in [-0.25, -0.2) is 4.21 Å². The predicted molar refractivity (Wildman–Crippen MR) is 64.9 cm³/mol. The van der Waals surface area contributed by atoms with Crippen LogP contribution in [-0.2, 0) is 15.3 Å². The molecule has 0 radical (unpaired) electrons. The molecule has 0 bridgehead atoms. The summed E-state index contributed by atoms with van der Waals surface area (Å²) in [6, 6.07) is 0. The molecule has 3 heteroatoms. The van der Waals surface area contributed by atoms with Gasteiger partial charge in [-0.3, -0.25) is 4.18 Å². The lowest BCUT2D eigenvalue weighted by Crippen LogP contribution is -2.34. The lowest BCUT2D eigenvalue weighted by molar-refractivity contribution is 0.0568. The molecule has 0 N–H and O–H groups in total.